The van der Waals surface area contributed by atoms with Crippen LogP contribution in [-0.4, -0.2) is 53.8 Å². The highest BCUT2D eigenvalue weighted by Gasteiger charge is 2.65. The molecule has 1 atom stereocenters. The first kappa shape index (κ1) is 18.1. The number of halogens is 3. The smallest absolute Gasteiger partial charge is 0.407 e. The van der Waals surface area contributed by atoms with Gasteiger partial charge in [0.05, 0.1) is 11.7 Å². The minimum Gasteiger partial charge on any atom is -0.447 e. The summed E-state index contributed by atoms with van der Waals surface area (Å²) in [7, 11) is 0. The van der Waals surface area contributed by atoms with E-state index in [9.17, 15) is 22.8 Å². The number of hydrogen-bond acceptors (Lipinski definition) is 4. The Hall–Kier alpha value is -2.32. The molecule has 1 aromatic heterocycles. The summed E-state index contributed by atoms with van der Waals surface area (Å²) in [5.74, 6) is 0.108. The van der Waals surface area contributed by atoms with Crippen LogP contribution in [-0.2, 0) is 14.9 Å². The molecule has 4 rings (SSSR count). The van der Waals surface area contributed by atoms with E-state index in [0.29, 0.717) is 25.9 Å². The number of carbonyl (C=O) groups is 2. The first-order valence-electron chi connectivity index (χ1n) is 9.03. The third-order valence-corrected chi connectivity index (χ3v) is 5.72. The molecule has 1 aliphatic carbocycles. The van der Waals surface area contributed by atoms with Crippen molar-refractivity contribution in [2.75, 3.05) is 19.7 Å². The highest BCUT2D eigenvalue weighted by Crippen LogP contribution is 2.58. The second-order valence-corrected chi connectivity index (χ2v) is 7.53. The molecule has 1 N–H and O–H groups in total. The summed E-state index contributed by atoms with van der Waals surface area (Å²) in [4.78, 5) is 28.9. The van der Waals surface area contributed by atoms with Crippen LogP contribution in [0.3, 0.4) is 0 Å². The number of likely N-dealkylation sites (tertiary alicyclic amines) is 1. The molecule has 27 heavy (non-hydrogen) atoms. The Balaban J connectivity index is 1.27. The second kappa shape index (κ2) is 6.38. The van der Waals surface area contributed by atoms with Gasteiger partial charge < -0.3 is 15.0 Å². The van der Waals surface area contributed by atoms with E-state index >= 15 is 0 Å². The zero-order valence-corrected chi connectivity index (χ0v) is 14.6. The van der Waals surface area contributed by atoms with E-state index in [1.54, 1.807) is 11.0 Å². The van der Waals surface area contributed by atoms with Gasteiger partial charge in [-0.25, -0.2) is 4.79 Å². The van der Waals surface area contributed by atoms with Gasteiger partial charge in [-0.3, -0.25) is 9.78 Å². The quantitative estimate of drug-likeness (QED) is 0.848. The Kier molecular flexibility index (Phi) is 4.27. The zero-order chi connectivity index (χ0) is 19.2. The van der Waals surface area contributed by atoms with E-state index in [4.69, 9.17) is 4.74 Å². The fourth-order valence-electron chi connectivity index (χ4n) is 3.67. The molecule has 9 heteroatoms. The lowest BCUT2D eigenvalue weighted by molar-refractivity contribution is -0.161. The molecule has 2 amide bonds. The van der Waals surface area contributed by atoms with Crippen LogP contribution in [0.2, 0.25) is 0 Å². The van der Waals surface area contributed by atoms with Gasteiger partial charge in [-0.05, 0) is 30.9 Å². The number of alkyl halides is 3. The normalized spacial score (nSPS) is 24.2. The maximum absolute atomic E-state index is 13.1. The van der Waals surface area contributed by atoms with Crippen molar-refractivity contribution in [2.45, 2.75) is 49.2 Å². The molecule has 0 aromatic carbocycles. The third-order valence-electron chi connectivity index (χ3n) is 5.72. The minimum atomic E-state index is -4.26. The Morgan fingerprint density at radius 3 is 2.59 bits per heavy atom. The molecular weight excluding hydrogens is 363 g/mol. The van der Waals surface area contributed by atoms with E-state index < -0.39 is 17.7 Å². The van der Waals surface area contributed by atoms with Gasteiger partial charge in [0, 0.05) is 31.6 Å². The Bertz CT molecular complexity index is 740. The molecule has 0 spiro atoms. The van der Waals surface area contributed by atoms with Gasteiger partial charge in [-0.2, -0.15) is 13.2 Å². The maximum atomic E-state index is 13.1. The van der Waals surface area contributed by atoms with E-state index in [2.05, 4.69) is 10.3 Å². The van der Waals surface area contributed by atoms with Gasteiger partial charge in [0.25, 0.3) is 0 Å². The number of nitrogens with one attached hydrogen (secondary N) is 1. The van der Waals surface area contributed by atoms with Crippen LogP contribution in [0.25, 0.3) is 0 Å². The summed E-state index contributed by atoms with van der Waals surface area (Å²) in [5.41, 5.74) is -0.809. The Morgan fingerprint density at radius 1 is 1.33 bits per heavy atom. The summed E-state index contributed by atoms with van der Waals surface area (Å²) in [6.45, 7) is 1.36. The maximum Gasteiger partial charge on any atom is 0.407 e. The lowest BCUT2D eigenvalue weighted by atomic mass is 9.91. The molecule has 3 aliphatic rings. The topological polar surface area (TPSA) is 71.5 Å². The van der Waals surface area contributed by atoms with Gasteiger partial charge in [0.1, 0.15) is 12.0 Å². The molecular formula is C18H20F3N3O3. The molecule has 0 unspecified atom stereocenters. The van der Waals surface area contributed by atoms with Crippen molar-refractivity contribution in [3.63, 3.8) is 0 Å². The minimum absolute atomic E-state index is 0.00554. The van der Waals surface area contributed by atoms with Crippen molar-refractivity contribution in [2.24, 2.45) is 0 Å². The number of ether oxygens (including phenoxy) is 1. The lowest BCUT2D eigenvalue weighted by Gasteiger charge is -2.39. The molecule has 1 saturated carbocycles. The van der Waals surface area contributed by atoms with Gasteiger partial charge in [-0.1, -0.05) is 6.07 Å². The number of alkyl carbamates (subject to hydrolysis) is 1. The van der Waals surface area contributed by atoms with E-state index in [-0.39, 0.29) is 43.0 Å². The van der Waals surface area contributed by atoms with Crippen LogP contribution in [0, 0.1) is 0 Å². The summed E-state index contributed by atoms with van der Waals surface area (Å²) >= 11 is 0. The van der Waals surface area contributed by atoms with E-state index in [1.807, 2.05) is 0 Å². The highest BCUT2D eigenvalue weighted by atomic mass is 19.4. The monoisotopic (exact) mass is 383 g/mol. The van der Waals surface area contributed by atoms with Crippen LogP contribution >= 0.6 is 0 Å². The van der Waals surface area contributed by atoms with E-state index in [1.165, 1.54) is 12.3 Å². The number of carbonyl (C=O) groups excluding carboxylic acids is 2. The summed E-state index contributed by atoms with van der Waals surface area (Å²) in [5, 5.41) is 2.63. The highest BCUT2D eigenvalue weighted by molar-refractivity contribution is 5.77. The van der Waals surface area contributed by atoms with Crippen molar-refractivity contribution >= 4 is 12.0 Å². The Morgan fingerprint density at radius 2 is 2.07 bits per heavy atom. The molecule has 3 fully saturated rings. The predicted octanol–water partition coefficient (Wildman–Crippen LogP) is 2.49. The predicted molar refractivity (Wildman–Crippen MR) is 88.0 cm³/mol. The van der Waals surface area contributed by atoms with Gasteiger partial charge >= 0.3 is 12.3 Å². The number of nitrogens with zero attached hydrogens (tertiary/aromatic N) is 2. The molecule has 2 aliphatic heterocycles. The van der Waals surface area contributed by atoms with Crippen molar-refractivity contribution in [3.05, 3.63) is 29.6 Å². The van der Waals surface area contributed by atoms with E-state index in [0.717, 1.165) is 5.56 Å². The average Bonchev–Trinajstić information content (AvgIpc) is 3.30. The summed E-state index contributed by atoms with van der Waals surface area (Å²) < 4.78 is 44.2. The second-order valence-electron chi connectivity index (χ2n) is 7.53. The number of pyridine rings is 1. The van der Waals surface area contributed by atoms with Crippen LogP contribution in [0.1, 0.15) is 42.9 Å². The third kappa shape index (κ3) is 3.35. The number of amides is 2. The zero-order valence-electron chi connectivity index (χ0n) is 14.6. The molecule has 0 radical (unpaired) electrons. The standard InChI is InChI=1S/C18H20F3N3O3/c19-18(20,21)17(5-6-17)14-3-1-11(7-22-14)12-8-24(9-12)15(25)4-2-13-10-27-16(26)23-13/h1,3,7,12-13H,2,4-6,8-10H2,(H,23,26)/t13-/m1/s1. The van der Waals surface area contributed by atoms with Crippen molar-refractivity contribution < 1.29 is 27.5 Å². The summed E-state index contributed by atoms with van der Waals surface area (Å²) in [6, 6.07) is 3.05. The fourth-order valence-corrected chi connectivity index (χ4v) is 3.67. The van der Waals surface area contributed by atoms with Gasteiger partial charge in [-0.15, -0.1) is 0 Å². The average molecular weight is 383 g/mol. The lowest BCUT2D eigenvalue weighted by Crippen LogP contribution is -2.48. The van der Waals surface area contributed by atoms with Crippen molar-refractivity contribution in [1.82, 2.24) is 15.2 Å². The number of rotatable bonds is 5. The first-order chi connectivity index (χ1) is 12.8. The molecule has 1 aromatic rings. The fraction of sp³-hybridized carbons (Fsp3) is 0.611. The molecule has 6 nitrogen and oxygen atoms in total. The van der Waals surface area contributed by atoms with Crippen LogP contribution in [0.4, 0.5) is 18.0 Å². The number of aromatic nitrogens is 1. The van der Waals surface area contributed by atoms with Crippen LogP contribution in [0.5, 0.6) is 0 Å². The first-order valence-corrected chi connectivity index (χ1v) is 9.03. The summed E-state index contributed by atoms with van der Waals surface area (Å²) in [6.07, 6.45) is -2.15. The largest absolute Gasteiger partial charge is 0.447 e. The number of hydrogen-bond donors (Lipinski definition) is 1. The van der Waals surface area contributed by atoms with Crippen molar-refractivity contribution in [1.29, 1.82) is 0 Å². The molecule has 2 saturated heterocycles. The molecule has 146 valence electrons. The van der Waals surface area contributed by atoms with Crippen molar-refractivity contribution in [3.8, 4) is 0 Å². The van der Waals surface area contributed by atoms with Gasteiger partial charge in [0.2, 0.25) is 5.91 Å². The van der Waals surface area contributed by atoms with Crippen LogP contribution < -0.4 is 5.32 Å². The van der Waals surface area contributed by atoms with Crippen LogP contribution in [0.15, 0.2) is 18.3 Å². The molecule has 3 heterocycles. The van der Waals surface area contributed by atoms with Gasteiger partial charge in [0.15, 0.2) is 0 Å². The number of cyclic esters (lactones) is 1. The SMILES string of the molecule is O=C1N[C@H](CCC(=O)N2CC(c3ccc(C4(C(F)(F)F)CC4)nc3)C2)CO1. The Labute approximate surface area is 154 Å². The molecule has 0 bridgehead atoms.